The summed E-state index contributed by atoms with van der Waals surface area (Å²) < 4.78 is 3.81. The molecule has 1 saturated heterocycles. The topological polar surface area (TPSA) is 78.9 Å². The molecule has 0 aromatic carbocycles. The Labute approximate surface area is 157 Å². The van der Waals surface area contributed by atoms with Gasteiger partial charge in [-0.2, -0.15) is 0 Å². The molecule has 0 radical (unpaired) electrons. The molecule has 1 aliphatic heterocycles. The molecule has 27 heavy (non-hydrogen) atoms. The fourth-order valence-electron chi connectivity index (χ4n) is 3.74. The molecule has 1 amide bonds. The van der Waals surface area contributed by atoms with Crippen molar-refractivity contribution in [2.45, 2.75) is 18.5 Å². The third kappa shape index (κ3) is 3.00. The van der Waals surface area contributed by atoms with Gasteiger partial charge in [-0.25, -0.2) is 0 Å². The van der Waals surface area contributed by atoms with Crippen LogP contribution in [-0.4, -0.2) is 79.3 Å². The van der Waals surface area contributed by atoms with Crippen molar-refractivity contribution in [2.75, 3.05) is 27.2 Å². The average Bonchev–Trinajstić information content (AvgIpc) is 3.37. The van der Waals surface area contributed by atoms with E-state index in [4.69, 9.17) is 0 Å². The minimum Gasteiger partial charge on any atom is -0.394 e. The van der Waals surface area contributed by atoms with Gasteiger partial charge in [0.05, 0.1) is 23.9 Å². The van der Waals surface area contributed by atoms with Gasteiger partial charge in [0, 0.05) is 32.0 Å². The molecule has 0 unspecified atom stereocenters. The summed E-state index contributed by atoms with van der Waals surface area (Å²) in [5, 5.41) is 18.2. The molecule has 0 aliphatic carbocycles. The van der Waals surface area contributed by atoms with Crippen LogP contribution in [-0.2, 0) is 7.05 Å². The van der Waals surface area contributed by atoms with E-state index in [1.165, 1.54) is 0 Å². The van der Waals surface area contributed by atoms with Crippen molar-refractivity contribution in [3.63, 3.8) is 0 Å². The smallest absolute Gasteiger partial charge is 0.255 e. The Morgan fingerprint density at radius 3 is 2.78 bits per heavy atom. The van der Waals surface area contributed by atoms with Crippen LogP contribution in [0, 0.1) is 0 Å². The van der Waals surface area contributed by atoms with E-state index in [9.17, 15) is 9.90 Å². The monoisotopic (exact) mass is 368 g/mol. The van der Waals surface area contributed by atoms with Crippen LogP contribution in [0.2, 0.25) is 0 Å². The Bertz CT molecular complexity index is 976. The van der Waals surface area contributed by atoms with Crippen molar-refractivity contribution >= 4 is 11.6 Å². The Balaban J connectivity index is 1.69. The minimum atomic E-state index is -0.158. The molecule has 2 atom stereocenters. The second-order valence-electron chi connectivity index (χ2n) is 7.32. The molecule has 1 aliphatic rings. The molecule has 3 aromatic rings. The van der Waals surface area contributed by atoms with Crippen molar-refractivity contribution in [2.24, 2.45) is 7.05 Å². The van der Waals surface area contributed by atoms with Crippen LogP contribution in [0.4, 0.5) is 0 Å². The maximum atomic E-state index is 13.2. The van der Waals surface area contributed by atoms with E-state index >= 15 is 0 Å². The number of likely N-dealkylation sites (N-methyl/N-ethyl adjacent to an activating group) is 1. The Morgan fingerprint density at radius 1 is 1.30 bits per heavy atom. The van der Waals surface area contributed by atoms with E-state index in [0.717, 1.165) is 12.1 Å². The molecule has 4 rings (SSSR count). The summed E-state index contributed by atoms with van der Waals surface area (Å²) in [5.41, 5.74) is 2.18. The lowest BCUT2D eigenvalue weighted by atomic mass is 10.1. The molecule has 1 N–H and O–H groups in total. The maximum Gasteiger partial charge on any atom is 0.255 e. The van der Waals surface area contributed by atoms with Gasteiger partial charge >= 0.3 is 0 Å². The molecule has 8 nitrogen and oxygen atoms in total. The van der Waals surface area contributed by atoms with Gasteiger partial charge in [-0.1, -0.05) is 0 Å². The Kier molecular flexibility index (Phi) is 4.45. The third-order valence-electron chi connectivity index (χ3n) is 5.42. The molecule has 8 heteroatoms. The summed E-state index contributed by atoms with van der Waals surface area (Å²) in [6.45, 7) is 0.585. The number of carbonyl (C=O) groups is 1. The summed E-state index contributed by atoms with van der Waals surface area (Å²) in [7, 11) is 5.95. The van der Waals surface area contributed by atoms with Crippen LogP contribution in [0.5, 0.6) is 0 Å². The second-order valence-corrected chi connectivity index (χ2v) is 7.32. The molecule has 0 spiro atoms. The number of nitrogens with zero attached hydrogens (tertiary/aromatic N) is 6. The predicted molar refractivity (Wildman–Crippen MR) is 101 cm³/mol. The highest BCUT2D eigenvalue weighted by atomic mass is 16.3. The number of aliphatic hydroxyl groups excluding tert-OH is 1. The predicted octanol–water partition coefficient (Wildman–Crippen LogP) is 0.872. The van der Waals surface area contributed by atoms with E-state index in [1.54, 1.807) is 23.2 Å². The number of likely N-dealkylation sites (tertiary alicyclic amines) is 1. The number of aromatic nitrogens is 4. The van der Waals surface area contributed by atoms with Gasteiger partial charge in [-0.15, -0.1) is 10.2 Å². The van der Waals surface area contributed by atoms with Crippen molar-refractivity contribution in [1.82, 2.24) is 29.0 Å². The van der Waals surface area contributed by atoms with Crippen LogP contribution < -0.4 is 0 Å². The van der Waals surface area contributed by atoms with Crippen molar-refractivity contribution in [3.8, 4) is 11.5 Å². The lowest BCUT2D eigenvalue weighted by Gasteiger charge is -2.23. The molecular weight excluding hydrogens is 344 g/mol. The van der Waals surface area contributed by atoms with Gasteiger partial charge in [-0.05, 0) is 44.8 Å². The lowest BCUT2D eigenvalue weighted by Crippen LogP contribution is -2.39. The molecule has 142 valence electrons. The van der Waals surface area contributed by atoms with Gasteiger partial charge in [0.1, 0.15) is 0 Å². The number of pyridine rings is 1. The van der Waals surface area contributed by atoms with Crippen molar-refractivity contribution in [3.05, 3.63) is 42.2 Å². The number of hydrogen-bond acceptors (Lipinski definition) is 5. The highest BCUT2D eigenvalue weighted by molar-refractivity contribution is 5.94. The Morgan fingerprint density at radius 2 is 2.11 bits per heavy atom. The quantitative estimate of drug-likeness (QED) is 0.739. The second kappa shape index (κ2) is 6.79. The first kappa shape index (κ1) is 17.7. The van der Waals surface area contributed by atoms with Gasteiger partial charge in [0.25, 0.3) is 5.91 Å². The zero-order valence-electron chi connectivity index (χ0n) is 15.8. The van der Waals surface area contributed by atoms with Crippen LogP contribution in [0.1, 0.15) is 16.8 Å². The third-order valence-corrected chi connectivity index (χ3v) is 5.42. The van der Waals surface area contributed by atoms with Crippen LogP contribution >= 0.6 is 0 Å². The summed E-state index contributed by atoms with van der Waals surface area (Å²) in [5.74, 6) is 0.616. The van der Waals surface area contributed by atoms with E-state index in [2.05, 4.69) is 15.1 Å². The average molecular weight is 368 g/mol. The number of aliphatic hydroxyl groups is 1. The SMILES string of the molecule is CN(C)[C@@H]1C[C@@H](CO)N(C(=O)c2ccc3nnc(-c4cccn4C)n3c2)C1. The maximum absolute atomic E-state index is 13.2. The highest BCUT2D eigenvalue weighted by Gasteiger charge is 2.36. The standard InChI is InChI=1S/C19H24N6O2/c1-22(2)14-9-15(12-26)24(11-14)19(27)13-6-7-17-20-21-18(25(17)10-13)16-5-4-8-23(16)3/h4-8,10,14-15,26H,9,11-12H2,1-3H3/t14-,15+/m1/s1. The fraction of sp³-hybridized carbons (Fsp3) is 0.421. The molecular formula is C19H24N6O2. The number of rotatable bonds is 4. The molecule has 0 saturated carbocycles. The molecule has 3 aromatic heterocycles. The van der Waals surface area contributed by atoms with E-state index in [1.807, 2.05) is 48.4 Å². The summed E-state index contributed by atoms with van der Waals surface area (Å²) in [6.07, 6.45) is 4.51. The van der Waals surface area contributed by atoms with Crippen LogP contribution in [0.15, 0.2) is 36.7 Å². The highest BCUT2D eigenvalue weighted by Crippen LogP contribution is 2.24. The number of hydrogen-bond donors (Lipinski definition) is 1. The largest absolute Gasteiger partial charge is 0.394 e. The first-order chi connectivity index (χ1) is 13.0. The molecule has 0 bridgehead atoms. The first-order valence-corrected chi connectivity index (χ1v) is 9.04. The molecule has 1 fully saturated rings. The van der Waals surface area contributed by atoms with Crippen molar-refractivity contribution in [1.29, 1.82) is 0 Å². The normalized spacial score (nSPS) is 20.1. The number of amides is 1. The zero-order valence-corrected chi connectivity index (χ0v) is 15.8. The molecule has 4 heterocycles. The minimum absolute atomic E-state index is 0.0282. The summed E-state index contributed by atoms with van der Waals surface area (Å²) in [4.78, 5) is 17.0. The summed E-state index contributed by atoms with van der Waals surface area (Å²) in [6, 6.07) is 7.59. The van der Waals surface area contributed by atoms with Gasteiger partial charge in [-0.3, -0.25) is 9.20 Å². The summed E-state index contributed by atoms with van der Waals surface area (Å²) >= 11 is 0. The number of carbonyl (C=O) groups excluding carboxylic acids is 1. The number of fused-ring (bicyclic) bond motifs is 1. The zero-order chi connectivity index (χ0) is 19.1. The Hall–Kier alpha value is -2.71. The van der Waals surface area contributed by atoms with E-state index in [0.29, 0.717) is 23.6 Å². The van der Waals surface area contributed by atoms with Gasteiger partial charge in [0.15, 0.2) is 11.5 Å². The van der Waals surface area contributed by atoms with Gasteiger partial charge < -0.3 is 19.5 Å². The van der Waals surface area contributed by atoms with Gasteiger partial charge in [0.2, 0.25) is 0 Å². The van der Waals surface area contributed by atoms with Crippen molar-refractivity contribution < 1.29 is 9.90 Å². The van der Waals surface area contributed by atoms with Crippen LogP contribution in [0.3, 0.4) is 0 Å². The number of aryl methyl sites for hydroxylation is 1. The first-order valence-electron chi connectivity index (χ1n) is 9.04. The lowest BCUT2D eigenvalue weighted by molar-refractivity contribution is 0.0672. The van der Waals surface area contributed by atoms with E-state index in [-0.39, 0.29) is 24.6 Å². The van der Waals surface area contributed by atoms with E-state index < -0.39 is 0 Å². The van der Waals surface area contributed by atoms with Crippen LogP contribution in [0.25, 0.3) is 17.2 Å². The fourth-order valence-corrected chi connectivity index (χ4v) is 3.74.